The van der Waals surface area contributed by atoms with E-state index < -0.39 is 67.2 Å². The third-order valence-corrected chi connectivity index (χ3v) is 7.80. The lowest BCUT2D eigenvalue weighted by Gasteiger charge is -2.46. The smallest absolute Gasteiger partial charge is 0.338 e. The molecular weight excluding hydrogens is 588 g/mol. The van der Waals surface area contributed by atoms with E-state index in [1.54, 1.807) is 30.3 Å². The highest BCUT2D eigenvalue weighted by Gasteiger charge is 2.54. The molecule has 0 aromatic heterocycles. The molecular formula is C33H52O12. The second kappa shape index (κ2) is 20.2. The number of rotatable bonds is 19. The van der Waals surface area contributed by atoms with Crippen molar-refractivity contribution in [3.8, 4) is 0 Å². The first-order chi connectivity index (χ1) is 21.9. The van der Waals surface area contributed by atoms with Crippen LogP contribution in [0.5, 0.6) is 0 Å². The van der Waals surface area contributed by atoms with Crippen molar-refractivity contribution in [2.45, 2.75) is 121 Å². The van der Waals surface area contributed by atoms with Gasteiger partial charge in [0.25, 0.3) is 0 Å². The number of ether oxygens (including phenoxy) is 9. The molecule has 0 amide bonds. The lowest BCUT2D eigenvalue weighted by molar-refractivity contribution is -0.339. The van der Waals surface area contributed by atoms with Crippen molar-refractivity contribution >= 4 is 11.9 Å². The van der Waals surface area contributed by atoms with Gasteiger partial charge < -0.3 is 47.7 Å². The fourth-order valence-electron chi connectivity index (χ4n) is 5.19. The Kier molecular flexibility index (Phi) is 16.7. The topological polar surface area (TPSA) is 137 Å². The average molecular weight is 641 g/mol. The fraction of sp³-hybridized carbons (Fsp3) is 0.758. The van der Waals surface area contributed by atoms with Gasteiger partial charge in [-0.05, 0) is 31.4 Å². The Balaban J connectivity index is 1.91. The van der Waals surface area contributed by atoms with Crippen molar-refractivity contribution in [2.24, 2.45) is 0 Å². The molecule has 12 heteroatoms. The molecule has 45 heavy (non-hydrogen) atoms. The minimum absolute atomic E-state index is 0.135. The van der Waals surface area contributed by atoms with E-state index in [0.29, 0.717) is 31.8 Å². The molecule has 256 valence electrons. The molecule has 0 bridgehead atoms. The van der Waals surface area contributed by atoms with E-state index in [4.69, 9.17) is 42.6 Å². The average Bonchev–Trinajstić information content (AvgIpc) is 3.06. The summed E-state index contributed by atoms with van der Waals surface area (Å²) in [4.78, 5) is 26.3. The first-order valence-electron chi connectivity index (χ1n) is 16.2. The zero-order valence-electron chi connectivity index (χ0n) is 27.3. The summed E-state index contributed by atoms with van der Waals surface area (Å²) in [5.41, 5.74) is 0.329. The molecule has 2 heterocycles. The summed E-state index contributed by atoms with van der Waals surface area (Å²) in [5.74, 6) is -1.33. The first kappa shape index (κ1) is 37.3. The second-order valence-electron chi connectivity index (χ2n) is 11.2. The summed E-state index contributed by atoms with van der Waals surface area (Å²) < 4.78 is 53.5. The van der Waals surface area contributed by atoms with Gasteiger partial charge in [0, 0.05) is 33.4 Å². The maximum absolute atomic E-state index is 13.2. The SMILES string of the molecule is CCCCOCC1OC(O[C@H]2C(OCCCC)C(OC(=O)c3ccccc3)[C@@H](OC)O[C@H]2C(=O)OC)CC(OCCCC)[C@@H]1O. The zero-order valence-corrected chi connectivity index (χ0v) is 27.3. The molecule has 5 unspecified atom stereocenters. The largest absolute Gasteiger partial charge is 0.467 e. The number of esters is 2. The first-order valence-corrected chi connectivity index (χ1v) is 16.2. The van der Waals surface area contributed by atoms with E-state index in [-0.39, 0.29) is 13.0 Å². The summed E-state index contributed by atoms with van der Waals surface area (Å²) in [7, 11) is 2.63. The lowest BCUT2D eigenvalue weighted by Crippen LogP contribution is -2.64. The van der Waals surface area contributed by atoms with Crippen LogP contribution in [0, 0.1) is 0 Å². The molecule has 3 rings (SSSR count). The molecule has 2 fully saturated rings. The van der Waals surface area contributed by atoms with E-state index >= 15 is 0 Å². The molecule has 2 aliphatic heterocycles. The van der Waals surface area contributed by atoms with Gasteiger partial charge in [0.15, 0.2) is 24.8 Å². The van der Waals surface area contributed by atoms with Gasteiger partial charge in [-0.1, -0.05) is 58.2 Å². The molecule has 2 saturated heterocycles. The van der Waals surface area contributed by atoms with Crippen molar-refractivity contribution in [2.75, 3.05) is 40.6 Å². The van der Waals surface area contributed by atoms with Crippen LogP contribution in [0.4, 0.5) is 0 Å². The summed E-state index contributed by atoms with van der Waals surface area (Å²) >= 11 is 0. The van der Waals surface area contributed by atoms with Crippen molar-refractivity contribution in [3.63, 3.8) is 0 Å². The lowest BCUT2D eigenvalue weighted by atomic mass is 9.96. The number of hydrogen-bond acceptors (Lipinski definition) is 12. The Morgan fingerprint density at radius 1 is 0.867 bits per heavy atom. The summed E-state index contributed by atoms with van der Waals surface area (Å²) in [5, 5.41) is 11.1. The van der Waals surface area contributed by atoms with Gasteiger partial charge in [-0.2, -0.15) is 0 Å². The number of unbranched alkanes of at least 4 members (excludes halogenated alkanes) is 3. The van der Waals surface area contributed by atoms with E-state index in [1.165, 1.54) is 14.2 Å². The Bertz CT molecular complexity index is 978. The molecule has 2 aliphatic rings. The third-order valence-electron chi connectivity index (χ3n) is 7.80. The van der Waals surface area contributed by atoms with E-state index in [0.717, 1.165) is 32.1 Å². The molecule has 1 aromatic carbocycles. The number of aliphatic hydroxyl groups excluding tert-OH is 1. The molecule has 12 nitrogen and oxygen atoms in total. The highest BCUT2D eigenvalue weighted by molar-refractivity contribution is 5.89. The molecule has 0 saturated carbocycles. The quantitative estimate of drug-likeness (QED) is 0.174. The Morgan fingerprint density at radius 3 is 2.18 bits per heavy atom. The summed E-state index contributed by atoms with van der Waals surface area (Å²) in [6.45, 7) is 7.56. The van der Waals surface area contributed by atoms with Crippen molar-refractivity contribution in [3.05, 3.63) is 35.9 Å². The monoisotopic (exact) mass is 640 g/mol. The normalized spacial score (nSPS) is 30.1. The fourth-order valence-corrected chi connectivity index (χ4v) is 5.19. The Labute approximate surface area is 266 Å². The molecule has 1 N–H and O–H groups in total. The van der Waals surface area contributed by atoms with Gasteiger partial charge in [-0.15, -0.1) is 0 Å². The highest BCUT2D eigenvalue weighted by Crippen LogP contribution is 2.34. The number of aliphatic hydroxyl groups is 1. The van der Waals surface area contributed by atoms with Crippen LogP contribution >= 0.6 is 0 Å². The standard InChI is InChI=1S/C33H52O12/c1-6-9-17-39-21-24-26(34)23(40-18-10-7-2)20-25(42-24)43-28-27(41-19-11-8-3)30(33(38-5)45-29(28)32(36)37-4)44-31(35)22-15-13-12-14-16-22/h12-16,23-30,33-34H,6-11,17-21H2,1-5H3/t23?,24?,25?,26-,27?,28-,29+,30?,33-/m0/s1. The van der Waals surface area contributed by atoms with Crippen LogP contribution in [-0.4, -0.2) is 113 Å². The van der Waals surface area contributed by atoms with E-state index in [2.05, 4.69) is 13.8 Å². The minimum Gasteiger partial charge on any atom is -0.467 e. The molecule has 0 spiro atoms. The van der Waals surface area contributed by atoms with Gasteiger partial charge in [0.1, 0.15) is 24.4 Å². The van der Waals surface area contributed by atoms with Crippen LogP contribution in [0.3, 0.4) is 0 Å². The van der Waals surface area contributed by atoms with Gasteiger partial charge in [-0.25, -0.2) is 9.59 Å². The maximum Gasteiger partial charge on any atom is 0.338 e. The number of methoxy groups -OCH3 is 2. The molecule has 0 aliphatic carbocycles. The van der Waals surface area contributed by atoms with Crippen molar-refractivity contribution in [1.29, 1.82) is 0 Å². The van der Waals surface area contributed by atoms with Crippen molar-refractivity contribution < 1.29 is 57.3 Å². The van der Waals surface area contributed by atoms with Crippen LogP contribution in [0.1, 0.15) is 76.1 Å². The van der Waals surface area contributed by atoms with E-state index in [9.17, 15) is 14.7 Å². The summed E-state index contributed by atoms with van der Waals surface area (Å²) in [6.07, 6.45) is -3.60. The number of carbonyl (C=O) groups is 2. The maximum atomic E-state index is 13.2. The van der Waals surface area contributed by atoms with Gasteiger partial charge in [-0.3, -0.25) is 0 Å². The van der Waals surface area contributed by atoms with Crippen LogP contribution < -0.4 is 0 Å². The predicted molar refractivity (Wildman–Crippen MR) is 163 cm³/mol. The van der Waals surface area contributed by atoms with Crippen molar-refractivity contribution in [1.82, 2.24) is 0 Å². The van der Waals surface area contributed by atoms with Crippen LogP contribution in [0.2, 0.25) is 0 Å². The highest BCUT2D eigenvalue weighted by atomic mass is 16.8. The summed E-state index contributed by atoms with van der Waals surface area (Å²) in [6, 6.07) is 8.52. The zero-order chi connectivity index (χ0) is 32.6. The third kappa shape index (κ3) is 11.0. The van der Waals surface area contributed by atoms with Crippen LogP contribution in [0.15, 0.2) is 30.3 Å². The number of carbonyl (C=O) groups excluding carboxylic acids is 2. The predicted octanol–water partition coefficient (Wildman–Crippen LogP) is 3.80. The van der Waals surface area contributed by atoms with Crippen LogP contribution in [-0.2, 0) is 47.4 Å². The van der Waals surface area contributed by atoms with Gasteiger partial charge >= 0.3 is 11.9 Å². The second-order valence-corrected chi connectivity index (χ2v) is 11.2. The van der Waals surface area contributed by atoms with Gasteiger partial charge in [0.05, 0.1) is 25.4 Å². The van der Waals surface area contributed by atoms with Crippen LogP contribution in [0.25, 0.3) is 0 Å². The molecule has 9 atom stereocenters. The Hall–Kier alpha value is -2.16. The molecule has 1 aromatic rings. The van der Waals surface area contributed by atoms with Gasteiger partial charge in [0.2, 0.25) is 0 Å². The molecule has 0 radical (unpaired) electrons. The minimum atomic E-state index is -1.30. The number of benzene rings is 1. The number of hydrogen-bond donors (Lipinski definition) is 1. The van der Waals surface area contributed by atoms with E-state index in [1.807, 2.05) is 6.92 Å². The Morgan fingerprint density at radius 2 is 1.53 bits per heavy atom.